The quantitative estimate of drug-likeness (QED) is 0.353. The van der Waals surface area contributed by atoms with E-state index in [1.165, 1.54) is 22.3 Å². The summed E-state index contributed by atoms with van der Waals surface area (Å²) in [6, 6.07) is 4.60. The van der Waals surface area contributed by atoms with Crippen molar-refractivity contribution in [2.75, 3.05) is 0 Å². The Kier molecular flexibility index (Phi) is 5.21. The first-order valence-corrected chi connectivity index (χ1v) is 6.07. The highest BCUT2D eigenvalue weighted by atomic mass is 15.2. The lowest BCUT2D eigenvalue weighted by Crippen LogP contribution is -2.29. The molecule has 0 bridgehead atoms. The highest BCUT2D eigenvalue weighted by Crippen LogP contribution is 2.26. The van der Waals surface area contributed by atoms with Gasteiger partial charge < -0.3 is 0 Å². The Hall–Kier alpha value is -1.30. The van der Waals surface area contributed by atoms with E-state index in [4.69, 9.17) is 12.3 Å². The van der Waals surface area contributed by atoms with Crippen molar-refractivity contribution in [3.05, 3.63) is 34.4 Å². The number of hydrogen-bond acceptors (Lipinski definition) is 2. The van der Waals surface area contributed by atoms with E-state index in [1.807, 2.05) is 0 Å². The van der Waals surface area contributed by atoms with E-state index in [2.05, 4.69) is 44.3 Å². The zero-order chi connectivity index (χ0) is 12.8. The van der Waals surface area contributed by atoms with Gasteiger partial charge in [0.1, 0.15) is 0 Å². The van der Waals surface area contributed by atoms with Crippen molar-refractivity contribution in [1.29, 1.82) is 0 Å². The predicted molar refractivity (Wildman–Crippen MR) is 73.4 cm³/mol. The maximum Gasteiger partial charge on any atom is 0.0465 e. The van der Waals surface area contributed by atoms with E-state index in [0.29, 0.717) is 0 Å². The number of aryl methyl sites for hydroxylation is 3. The van der Waals surface area contributed by atoms with Gasteiger partial charge >= 0.3 is 0 Å². The minimum Gasteiger partial charge on any atom is -0.271 e. The van der Waals surface area contributed by atoms with Crippen molar-refractivity contribution < 1.29 is 0 Å². The summed E-state index contributed by atoms with van der Waals surface area (Å²) in [6.45, 7) is 6.40. The number of hydrogen-bond donors (Lipinski definition) is 2. The first-order valence-electron chi connectivity index (χ1n) is 6.07. The molecule has 2 nitrogen and oxygen atoms in total. The summed E-state index contributed by atoms with van der Waals surface area (Å²) in [4.78, 5) is 0. The highest BCUT2D eigenvalue weighted by molar-refractivity contribution is 5.39. The Morgan fingerprint density at radius 3 is 2.35 bits per heavy atom. The van der Waals surface area contributed by atoms with Crippen LogP contribution in [0, 0.1) is 33.1 Å². The predicted octanol–water partition coefficient (Wildman–Crippen LogP) is 2.92. The number of nitrogens with two attached hydrogens (primary N) is 1. The highest BCUT2D eigenvalue weighted by Gasteiger charge is 2.14. The second kappa shape index (κ2) is 6.44. The molecule has 1 aromatic carbocycles. The summed E-state index contributed by atoms with van der Waals surface area (Å²) >= 11 is 0. The van der Waals surface area contributed by atoms with E-state index in [1.54, 1.807) is 0 Å². The van der Waals surface area contributed by atoms with Crippen LogP contribution in [0.4, 0.5) is 0 Å². The summed E-state index contributed by atoms with van der Waals surface area (Å²) in [7, 11) is 0. The molecule has 0 saturated carbocycles. The summed E-state index contributed by atoms with van der Waals surface area (Å²) in [5, 5.41) is 0. The molecule has 3 N–H and O–H groups in total. The molecule has 0 radical (unpaired) electrons. The van der Waals surface area contributed by atoms with Crippen LogP contribution in [0.3, 0.4) is 0 Å². The van der Waals surface area contributed by atoms with Crippen LogP contribution in [0.15, 0.2) is 12.1 Å². The molecule has 0 aliphatic carbocycles. The summed E-state index contributed by atoms with van der Waals surface area (Å²) in [5.41, 5.74) is 8.11. The van der Waals surface area contributed by atoms with E-state index < -0.39 is 0 Å². The van der Waals surface area contributed by atoms with Crippen LogP contribution in [0.5, 0.6) is 0 Å². The van der Waals surface area contributed by atoms with E-state index >= 15 is 0 Å². The van der Waals surface area contributed by atoms with Gasteiger partial charge in [-0.05, 0) is 50.3 Å². The Labute approximate surface area is 105 Å². The summed E-state index contributed by atoms with van der Waals surface area (Å²) in [6.07, 6.45) is 8.06. The van der Waals surface area contributed by atoms with Crippen LogP contribution in [0.1, 0.15) is 47.6 Å². The standard InChI is InChI=1S/C15H22N2/c1-5-6-7-8-14(17-16)15-12(3)9-11(2)10-13(15)4/h1,9-10,14,17H,6-8,16H2,2-4H3. The van der Waals surface area contributed by atoms with Crippen molar-refractivity contribution in [3.8, 4) is 12.3 Å². The molecule has 0 heterocycles. The molecular formula is C15H22N2. The minimum atomic E-state index is 0.198. The Morgan fingerprint density at radius 2 is 1.88 bits per heavy atom. The molecule has 0 spiro atoms. The molecule has 0 aliphatic heterocycles. The fraction of sp³-hybridized carbons (Fsp3) is 0.467. The summed E-state index contributed by atoms with van der Waals surface area (Å²) in [5.74, 6) is 8.33. The SMILES string of the molecule is C#CCCCC(NN)c1c(C)cc(C)cc1C. The first kappa shape index (κ1) is 13.8. The van der Waals surface area contributed by atoms with Gasteiger partial charge in [-0.25, -0.2) is 0 Å². The van der Waals surface area contributed by atoms with Gasteiger partial charge in [-0.3, -0.25) is 11.3 Å². The molecule has 0 fully saturated rings. The number of nitrogens with one attached hydrogen (secondary N) is 1. The lowest BCUT2D eigenvalue weighted by molar-refractivity contribution is 0.498. The number of unbranched alkanes of at least 4 members (excludes halogenated alkanes) is 1. The zero-order valence-electron chi connectivity index (χ0n) is 11.0. The number of benzene rings is 1. The van der Waals surface area contributed by atoms with Gasteiger partial charge in [0, 0.05) is 12.5 Å². The van der Waals surface area contributed by atoms with Crippen LogP contribution in [-0.2, 0) is 0 Å². The largest absolute Gasteiger partial charge is 0.271 e. The van der Waals surface area contributed by atoms with Crippen LogP contribution < -0.4 is 11.3 Å². The van der Waals surface area contributed by atoms with Crippen LogP contribution in [0.2, 0.25) is 0 Å². The maximum atomic E-state index is 5.66. The number of terminal acetylenes is 1. The third-order valence-corrected chi connectivity index (χ3v) is 3.10. The summed E-state index contributed by atoms with van der Waals surface area (Å²) < 4.78 is 0. The average molecular weight is 230 g/mol. The molecule has 1 aromatic rings. The van der Waals surface area contributed by atoms with Gasteiger partial charge in [0.05, 0.1) is 0 Å². The fourth-order valence-electron chi connectivity index (χ4n) is 2.46. The van der Waals surface area contributed by atoms with Gasteiger partial charge in [-0.2, -0.15) is 0 Å². The molecule has 0 saturated heterocycles. The van der Waals surface area contributed by atoms with Crippen molar-refractivity contribution in [2.24, 2.45) is 5.84 Å². The molecule has 2 heteroatoms. The minimum absolute atomic E-state index is 0.198. The number of rotatable bonds is 5. The van der Waals surface area contributed by atoms with Crippen LogP contribution >= 0.6 is 0 Å². The normalized spacial score (nSPS) is 12.2. The Morgan fingerprint density at radius 1 is 1.29 bits per heavy atom. The molecule has 1 unspecified atom stereocenters. The third-order valence-electron chi connectivity index (χ3n) is 3.10. The third kappa shape index (κ3) is 3.59. The first-order chi connectivity index (χ1) is 8.10. The number of hydrazine groups is 1. The van der Waals surface area contributed by atoms with Gasteiger partial charge in [-0.15, -0.1) is 12.3 Å². The van der Waals surface area contributed by atoms with Crippen LogP contribution in [0.25, 0.3) is 0 Å². The molecule has 0 aromatic heterocycles. The van der Waals surface area contributed by atoms with E-state index in [9.17, 15) is 0 Å². The molecule has 17 heavy (non-hydrogen) atoms. The molecule has 1 atom stereocenters. The Bertz CT molecular complexity index is 392. The molecule has 0 amide bonds. The average Bonchev–Trinajstić information content (AvgIpc) is 2.25. The Balaban J connectivity index is 2.92. The van der Waals surface area contributed by atoms with Crippen molar-refractivity contribution in [3.63, 3.8) is 0 Å². The van der Waals surface area contributed by atoms with Gasteiger partial charge in [0.15, 0.2) is 0 Å². The molecule has 1 rings (SSSR count). The van der Waals surface area contributed by atoms with E-state index in [-0.39, 0.29) is 6.04 Å². The molecule has 92 valence electrons. The monoisotopic (exact) mass is 230 g/mol. The van der Waals surface area contributed by atoms with Gasteiger partial charge in [0.25, 0.3) is 0 Å². The topological polar surface area (TPSA) is 38.0 Å². The zero-order valence-corrected chi connectivity index (χ0v) is 11.0. The van der Waals surface area contributed by atoms with Crippen molar-refractivity contribution >= 4 is 0 Å². The molecular weight excluding hydrogens is 208 g/mol. The van der Waals surface area contributed by atoms with Gasteiger partial charge in [0.2, 0.25) is 0 Å². The smallest absolute Gasteiger partial charge is 0.0465 e. The maximum absolute atomic E-state index is 5.66. The second-order valence-corrected chi connectivity index (χ2v) is 4.63. The van der Waals surface area contributed by atoms with Crippen molar-refractivity contribution in [1.82, 2.24) is 5.43 Å². The molecule has 0 aliphatic rings. The van der Waals surface area contributed by atoms with Crippen LogP contribution in [-0.4, -0.2) is 0 Å². The van der Waals surface area contributed by atoms with E-state index in [0.717, 1.165) is 19.3 Å². The lowest BCUT2D eigenvalue weighted by Gasteiger charge is -2.21. The van der Waals surface area contributed by atoms with Gasteiger partial charge in [-0.1, -0.05) is 17.7 Å². The lowest BCUT2D eigenvalue weighted by atomic mass is 9.91. The second-order valence-electron chi connectivity index (χ2n) is 4.63. The van der Waals surface area contributed by atoms with Crippen molar-refractivity contribution in [2.45, 2.75) is 46.1 Å². The fourth-order valence-corrected chi connectivity index (χ4v) is 2.46.